The van der Waals surface area contributed by atoms with E-state index in [4.69, 9.17) is 21.7 Å². The van der Waals surface area contributed by atoms with Crippen LogP contribution in [0.25, 0.3) is 17.1 Å². The maximum absolute atomic E-state index is 5.40. The quantitative estimate of drug-likeness (QED) is 0.361. The molecular formula is C22H22N6O2S. The number of hydrogen-bond acceptors (Lipinski definition) is 6. The lowest BCUT2D eigenvalue weighted by molar-refractivity contribution is 0.355. The first kappa shape index (κ1) is 20.5. The van der Waals surface area contributed by atoms with Gasteiger partial charge in [0, 0.05) is 11.1 Å². The molecule has 158 valence electrons. The molecule has 2 aromatic carbocycles. The molecule has 31 heavy (non-hydrogen) atoms. The van der Waals surface area contributed by atoms with Gasteiger partial charge in [0.15, 0.2) is 17.3 Å². The van der Waals surface area contributed by atoms with Gasteiger partial charge in [-0.3, -0.25) is 0 Å². The summed E-state index contributed by atoms with van der Waals surface area (Å²) in [6.45, 7) is 3.97. The van der Waals surface area contributed by atoms with Crippen LogP contribution in [0.2, 0.25) is 0 Å². The van der Waals surface area contributed by atoms with Gasteiger partial charge in [0.25, 0.3) is 0 Å². The van der Waals surface area contributed by atoms with E-state index < -0.39 is 0 Å². The van der Waals surface area contributed by atoms with Crippen LogP contribution in [0, 0.1) is 18.6 Å². The fourth-order valence-corrected chi connectivity index (χ4v) is 3.52. The summed E-state index contributed by atoms with van der Waals surface area (Å²) in [4.78, 5) is 0. The van der Waals surface area contributed by atoms with Gasteiger partial charge in [-0.1, -0.05) is 18.2 Å². The monoisotopic (exact) mass is 434 g/mol. The van der Waals surface area contributed by atoms with Crippen LogP contribution in [0.4, 0.5) is 0 Å². The maximum atomic E-state index is 5.40. The third-order valence-corrected chi connectivity index (χ3v) is 5.21. The number of nitrogens with one attached hydrogen (secondary N) is 1. The Labute approximate surface area is 184 Å². The van der Waals surface area contributed by atoms with Crippen LogP contribution in [0.1, 0.15) is 17.0 Å². The van der Waals surface area contributed by atoms with Crippen molar-refractivity contribution in [2.75, 3.05) is 14.2 Å². The van der Waals surface area contributed by atoms with Gasteiger partial charge in [0.05, 0.1) is 37.5 Å². The SMILES string of the molecule is COc1ccc(-c2n[nH]c(=S)n2N=Cc2c(C)nn(-c3ccccc3)c2C)cc1OC. The average molecular weight is 435 g/mol. The van der Waals surface area contributed by atoms with E-state index in [1.54, 1.807) is 25.1 Å². The predicted molar refractivity (Wildman–Crippen MR) is 122 cm³/mol. The molecule has 0 saturated heterocycles. The molecule has 0 amide bonds. The maximum Gasteiger partial charge on any atom is 0.216 e. The van der Waals surface area contributed by atoms with Crippen molar-refractivity contribution in [2.24, 2.45) is 5.10 Å². The van der Waals surface area contributed by atoms with E-state index in [9.17, 15) is 0 Å². The largest absolute Gasteiger partial charge is 0.493 e. The van der Waals surface area contributed by atoms with Crippen molar-refractivity contribution in [1.29, 1.82) is 0 Å². The molecule has 0 spiro atoms. The van der Waals surface area contributed by atoms with Crippen molar-refractivity contribution < 1.29 is 9.47 Å². The van der Waals surface area contributed by atoms with Crippen molar-refractivity contribution in [2.45, 2.75) is 13.8 Å². The summed E-state index contributed by atoms with van der Waals surface area (Å²) < 4.78 is 14.6. The van der Waals surface area contributed by atoms with E-state index in [0.29, 0.717) is 22.1 Å². The second kappa shape index (κ2) is 8.57. The van der Waals surface area contributed by atoms with Crippen LogP contribution < -0.4 is 9.47 Å². The molecule has 0 radical (unpaired) electrons. The Kier molecular flexibility index (Phi) is 5.68. The lowest BCUT2D eigenvalue weighted by atomic mass is 10.2. The Morgan fingerprint density at radius 1 is 1.03 bits per heavy atom. The highest BCUT2D eigenvalue weighted by Gasteiger charge is 2.14. The Morgan fingerprint density at radius 3 is 2.48 bits per heavy atom. The second-order valence-corrected chi connectivity index (χ2v) is 7.20. The van der Waals surface area contributed by atoms with Crippen LogP contribution >= 0.6 is 12.2 Å². The number of hydrogen-bond donors (Lipinski definition) is 1. The van der Waals surface area contributed by atoms with Crippen molar-refractivity contribution in [3.05, 3.63) is 70.3 Å². The molecule has 4 aromatic rings. The zero-order valence-electron chi connectivity index (χ0n) is 17.7. The highest BCUT2D eigenvalue weighted by atomic mass is 32.1. The molecule has 2 aromatic heterocycles. The summed E-state index contributed by atoms with van der Waals surface area (Å²) in [6.07, 6.45) is 1.76. The highest BCUT2D eigenvalue weighted by molar-refractivity contribution is 7.71. The summed E-state index contributed by atoms with van der Waals surface area (Å²) in [7, 11) is 3.19. The van der Waals surface area contributed by atoms with Gasteiger partial charge in [-0.15, -0.1) is 0 Å². The molecule has 0 aliphatic carbocycles. The second-order valence-electron chi connectivity index (χ2n) is 6.81. The number of methoxy groups -OCH3 is 2. The van der Waals surface area contributed by atoms with Gasteiger partial charge in [0.2, 0.25) is 4.77 Å². The van der Waals surface area contributed by atoms with Crippen molar-refractivity contribution in [3.8, 4) is 28.6 Å². The van der Waals surface area contributed by atoms with Crippen LogP contribution in [-0.4, -0.2) is 45.1 Å². The van der Waals surface area contributed by atoms with E-state index in [2.05, 4.69) is 20.4 Å². The smallest absolute Gasteiger partial charge is 0.216 e. The zero-order chi connectivity index (χ0) is 22.0. The van der Waals surface area contributed by atoms with E-state index in [-0.39, 0.29) is 0 Å². The molecule has 4 rings (SSSR count). The van der Waals surface area contributed by atoms with Crippen LogP contribution in [-0.2, 0) is 0 Å². The fraction of sp³-hybridized carbons (Fsp3) is 0.182. The van der Waals surface area contributed by atoms with Gasteiger partial charge in [-0.2, -0.15) is 20.0 Å². The molecule has 0 fully saturated rings. The molecule has 9 heteroatoms. The number of ether oxygens (including phenoxy) is 2. The lowest BCUT2D eigenvalue weighted by Crippen LogP contribution is -2.00. The van der Waals surface area contributed by atoms with Crippen molar-refractivity contribution in [1.82, 2.24) is 24.7 Å². The number of aromatic nitrogens is 5. The summed E-state index contributed by atoms with van der Waals surface area (Å²) >= 11 is 5.40. The molecular weight excluding hydrogens is 412 g/mol. The number of nitrogens with zero attached hydrogens (tertiary/aromatic N) is 5. The summed E-state index contributed by atoms with van der Waals surface area (Å²) in [5, 5.41) is 16.4. The topological polar surface area (TPSA) is 82.3 Å². The number of rotatable bonds is 6. The molecule has 0 aliphatic rings. The molecule has 0 saturated carbocycles. The van der Waals surface area contributed by atoms with Gasteiger partial charge >= 0.3 is 0 Å². The number of aromatic amines is 1. The Bertz CT molecular complexity index is 1300. The molecule has 2 heterocycles. The minimum absolute atomic E-state index is 0.381. The summed E-state index contributed by atoms with van der Waals surface area (Å²) in [5.74, 6) is 1.79. The van der Waals surface area contributed by atoms with Crippen LogP contribution in [0.15, 0.2) is 53.6 Å². The third kappa shape index (κ3) is 3.87. The number of H-pyrrole nitrogens is 1. The zero-order valence-corrected chi connectivity index (χ0v) is 18.5. The fourth-order valence-electron chi connectivity index (χ4n) is 3.34. The van der Waals surface area contributed by atoms with E-state index in [0.717, 1.165) is 28.2 Å². The van der Waals surface area contributed by atoms with Crippen LogP contribution in [0.3, 0.4) is 0 Å². The van der Waals surface area contributed by atoms with Gasteiger partial charge in [-0.05, 0) is 56.4 Å². The van der Waals surface area contributed by atoms with E-state index in [1.807, 2.05) is 67.1 Å². The average Bonchev–Trinajstić information content (AvgIpc) is 3.31. The van der Waals surface area contributed by atoms with E-state index in [1.165, 1.54) is 0 Å². The first-order chi connectivity index (χ1) is 15.0. The molecule has 1 N–H and O–H groups in total. The standard InChI is InChI=1S/C22H22N6O2S/c1-14-18(15(2)27(26-14)17-8-6-5-7-9-17)13-23-28-21(24-25-22(28)31)16-10-11-19(29-3)20(12-16)30-4/h5-13H,1-4H3,(H,25,31). The molecule has 0 bridgehead atoms. The summed E-state index contributed by atoms with van der Waals surface area (Å²) in [6, 6.07) is 15.5. The molecule has 8 nitrogen and oxygen atoms in total. The Morgan fingerprint density at radius 2 is 1.77 bits per heavy atom. The summed E-state index contributed by atoms with van der Waals surface area (Å²) in [5.41, 5.74) is 4.55. The number of aryl methyl sites for hydroxylation is 1. The lowest BCUT2D eigenvalue weighted by Gasteiger charge is -2.09. The Hall–Kier alpha value is -3.72. The van der Waals surface area contributed by atoms with Crippen molar-refractivity contribution >= 4 is 18.4 Å². The molecule has 0 atom stereocenters. The predicted octanol–water partition coefficient (Wildman–Crippen LogP) is 4.31. The first-order valence-corrected chi connectivity index (χ1v) is 10.00. The first-order valence-electron chi connectivity index (χ1n) is 9.59. The molecule has 0 unspecified atom stereocenters. The van der Waals surface area contributed by atoms with Gasteiger partial charge < -0.3 is 9.47 Å². The van der Waals surface area contributed by atoms with Gasteiger partial charge in [-0.25, -0.2) is 9.78 Å². The number of benzene rings is 2. The van der Waals surface area contributed by atoms with Crippen molar-refractivity contribution in [3.63, 3.8) is 0 Å². The number of para-hydroxylation sites is 1. The van der Waals surface area contributed by atoms with E-state index >= 15 is 0 Å². The van der Waals surface area contributed by atoms with Crippen LogP contribution in [0.5, 0.6) is 11.5 Å². The van der Waals surface area contributed by atoms with Gasteiger partial charge in [0.1, 0.15) is 0 Å². The Balaban J connectivity index is 1.73. The third-order valence-electron chi connectivity index (χ3n) is 4.94. The minimum Gasteiger partial charge on any atom is -0.493 e. The molecule has 0 aliphatic heterocycles. The minimum atomic E-state index is 0.381. The highest BCUT2D eigenvalue weighted by Crippen LogP contribution is 2.31. The normalized spacial score (nSPS) is 11.2.